The lowest BCUT2D eigenvalue weighted by molar-refractivity contribution is -0.727. The molecule has 1 heterocycles. The molecular formula is C7H12N2O2. The summed E-state index contributed by atoms with van der Waals surface area (Å²) < 4.78 is 0. The summed E-state index contributed by atoms with van der Waals surface area (Å²) in [6, 6.07) is 0. The lowest BCUT2D eigenvalue weighted by atomic mass is 10.2. The molecule has 0 saturated heterocycles. The zero-order valence-electron chi connectivity index (χ0n) is 7.21. The third kappa shape index (κ3) is 0.943. The summed E-state index contributed by atoms with van der Waals surface area (Å²) in [5, 5.41) is 11.2. The van der Waals surface area contributed by atoms with E-state index in [1.807, 2.05) is 13.8 Å². The lowest BCUT2D eigenvalue weighted by Crippen LogP contribution is -2.42. The Labute approximate surface area is 65.5 Å². The summed E-state index contributed by atoms with van der Waals surface area (Å²) in [6.45, 7) is 5.51. The van der Waals surface area contributed by atoms with E-state index in [1.165, 1.54) is 12.0 Å². The fourth-order valence-corrected chi connectivity index (χ4v) is 1.03. The third-order valence-electron chi connectivity index (χ3n) is 2.00. The summed E-state index contributed by atoms with van der Waals surface area (Å²) in [5.74, 6) is 0. The van der Waals surface area contributed by atoms with Crippen molar-refractivity contribution in [1.82, 2.24) is 4.85 Å². The maximum Gasteiger partial charge on any atom is 0.224 e. The first kappa shape index (κ1) is 7.91. The van der Waals surface area contributed by atoms with Crippen LogP contribution in [0.5, 0.6) is 0 Å². The molecule has 62 valence electrons. The van der Waals surface area contributed by atoms with E-state index in [2.05, 4.69) is 0 Å². The highest BCUT2D eigenvalue weighted by Crippen LogP contribution is 2.06. The summed E-state index contributed by atoms with van der Waals surface area (Å²) >= 11 is 0. The zero-order chi connectivity index (χ0) is 8.59. The smallest absolute Gasteiger partial charge is 0.224 e. The van der Waals surface area contributed by atoms with Crippen LogP contribution in [-0.2, 0) is 0 Å². The Morgan fingerprint density at radius 3 is 2.09 bits per heavy atom. The van der Waals surface area contributed by atoms with Crippen molar-refractivity contribution in [2.45, 2.75) is 20.8 Å². The highest BCUT2D eigenvalue weighted by atomic mass is 16.7. The molecule has 0 aliphatic carbocycles. The molecule has 11 heavy (non-hydrogen) atoms. The Balaban J connectivity index is 3.36. The van der Waals surface area contributed by atoms with Gasteiger partial charge in [-0.05, 0) is 18.7 Å². The van der Waals surface area contributed by atoms with Crippen molar-refractivity contribution in [3.8, 4) is 0 Å². The summed E-state index contributed by atoms with van der Waals surface area (Å²) in [5.41, 5.74) is 2.51. The first-order chi connectivity index (χ1) is 5.09. The molecule has 0 aliphatic rings. The minimum Gasteiger partial charge on any atom is -0.593 e. The molecule has 1 aromatic rings. The highest BCUT2D eigenvalue weighted by molar-refractivity contribution is 5.17. The zero-order valence-corrected chi connectivity index (χ0v) is 7.21. The van der Waals surface area contributed by atoms with Crippen molar-refractivity contribution >= 4 is 0 Å². The van der Waals surface area contributed by atoms with Crippen LogP contribution in [0.15, 0.2) is 0 Å². The van der Waals surface area contributed by atoms with Crippen LogP contribution in [0.1, 0.15) is 17.0 Å². The lowest BCUT2D eigenvalue weighted by Gasteiger charge is -2.01. The van der Waals surface area contributed by atoms with Crippen LogP contribution in [0, 0.1) is 26.0 Å². The Morgan fingerprint density at radius 2 is 1.91 bits per heavy atom. The minimum absolute atomic E-state index is 0.685. The minimum atomic E-state index is 0.685. The van der Waals surface area contributed by atoms with Crippen molar-refractivity contribution in [3.05, 3.63) is 22.2 Å². The molecule has 0 aromatic carbocycles. The molecule has 4 heteroatoms. The number of rotatable bonds is 1. The predicted octanol–water partition coefficient (Wildman–Crippen LogP) is 0.105. The van der Waals surface area contributed by atoms with Crippen LogP contribution < -0.4 is 9.68 Å². The molecule has 0 radical (unpaired) electrons. The standard InChI is InChI=1S/C7H12N2O2/c1-5-6(2)8(10)9(11-4)7(5)3/h1-4H3. The molecule has 0 atom stereocenters. The van der Waals surface area contributed by atoms with Crippen LogP contribution in [-0.4, -0.2) is 12.0 Å². The van der Waals surface area contributed by atoms with E-state index < -0.39 is 0 Å². The van der Waals surface area contributed by atoms with Gasteiger partial charge in [0, 0.05) is 17.3 Å². The number of nitrogens with zero attached hydrogens (tertiary/aromatic N) is 2. The van der Waals surface area contributed by atoms with Gasteiger partial charge in [0.1, 0.15) is 12.8 Å². The quantitative estimate of drug-likeness (QED) is 0.427. The van der Waals surface area contributed by atoms with Crippen molar-refractivity contribution in [1.29, 1.82) is 0 Å². The van der Waals surface area contributed by atoms with E-state index in [9.17, 15) is 5.21 Å². The van der Waals surface area contributed by atoms with E-state index in [4.69, 9.17) is 4.84 Å². The van der Waals surface area contributed by atoms with Crippen molar-refractivity contribution < 1.29 is 9.68 Å². The van der Waals surface area contributed by atoms with Gasteiger partial charge in [-0.1, -0.05) is 0 Å². The summed E-state index contributed by atoms with van der Waals surface area (Å²) in [6.07, 6.45) is 0. The molecule has 0 saturated carbocycles. The fourth-order valence-electron chi connectivity index (χ4n) is 1.03. The molecule has 1 rings (SSSR count). The molecule has 0 spiro atoms. The van der Waals surface area contributed by atoms with Gasteiger partial charge in [0.15, 0.2) is 0 Å². The van der Waals surface area contributed by atoms with Gasteiger partial charge in [-0.15, -0.1) is 0 Å². The largest absolute Gasteiger partial charge is 0.593 e. The van der Waals surface area contributed by atoms with Crippen LogP contribution >= 0.6 is 0 Å². The SMILES string of the molecule is COn1c(C)c(C)c(C)[n+]1[O-]. The molecule has 0 unspecified atom stereocenters. The monoisotopic (exact) mass is 156 g/mol. The highest BCUT2D eigenvalue weighted by Gasteiger charge is 2.17. The first-order valence-electron chi connectivity index (χ1n) is 3.42. The Hall–Kier alpha value is -1.19. The van der Waals surface area contributed by atoms with Crippen molar-refractivity contribution in [3.63, 3.8) is 0 Å². The molecule has 1 aromatic heterocycles. The maximum absolute atomic E-state index is 11.2. The van der Waals surface area contributed by atoms with Gasteiger partial charge < -0.3 is 10.0 Å². The van der Waals surface area contributed by atoms with Crippen molar-refractivity contribution in [2.75, 3.05) is 7.11 Å². The van der Waals surface area contributed by atoms with E-state index in [0.717, 1.165) is 16.1 Å². The van der Waals surface area contributed by atoms with Crippen LogP contribution in [0.2, 0.25) is 0 Å². The van der Waals surface area contributed by atoms with Crippen molar-refractivity contribution in [2.24, 2.45) is 0 Å². The van der Waals surface area contributed by atoms with Gasteiger partial charge in [-0.2, -0.15) is 0 Å². The second-order valence-electron chi connectivity index (χ2n) is 2.52. The summed E-state index contributed by atoms with van der Waals surface area (Å²) in [7, 11) is 1.47. The van der Waals surface area contributed by atoms with Gasteiger partial charge in [0.25, 0.3) is 0 Å². The molecular weight excluding hydrogens is 144 g/mol. The fraction of sp³-hybridized carbons (Fsp3) is 0.571. The molecule has 4 nitrogen and oxygen atoms in total. The molecule has 0 aliphatic heterocycles. The second kappa shape index (κ2) is 2.45. The Kier molecular flexibility index (Phi) is 1.76. The van der Waals surface area contributed by atoms with Crippen LogP contribution in [0.25, 0.3) is 0 Å². The van der Waals surface area contributed by atoms with E-state index >= 15 is 0 Å². The molecule has 0 N–H and O–H groups in total. The number of aromatic nitrogens is 2. The topological polar surface area (TPSA) is 41.1 Å². The van der Waals surface area contributed by atoms with Crippen LogP contribution in [0.3, 0.4) is 0 Å². The first-order valence-corrected chi connectivity index (χ1v) is 3.42. The van der Waals surface area contributed by atoms with E-state index in [1.54, 1.807) is 6.92 Å². The van der Waals surface area contributed by atoms with E-state index in [-0.39, 0.29) is 0 Å². The normalized spacial score (nSPS) is 10.2. The maximum atomic E-state index is 11.2. The van der Waals surface area contributed by atoms with Gasteiger partial charge in [-0.3, -0.25) is 0 Å². The average molecular weight is 156 g/mol. The summed E-state index contributed by atoms with van der Waals surface area (Å²) in [4.78, 5) is 6.81. The van der Waals surface area contributed by atoms with Gasteiger partial charge in [0.05, 0.1) is 0 Å². The molecule has 0 bridgehead atoms. The number of hydrogen-bond acceptors (Lipinski definition) is 2. The van der Waals surface area contributed by atoms with Gasteiger partial charge in [0.2, 0.25) is 5.69 Å². The van der Waals surface area contributed by atoms with Crippen LogP contribution in [0.4, 0.5) is 0 Å². The third-order valence-corrected chi connectivity index (χ3v) is 2.00. The average Bonchev–Trinajstić information content (AvgIpc) is 2.17. The second-order valence-corrected chi connectivity index (χ2v) is 2.52. The van der Waals surface area contributed by atoms with E-state index in [0.29, 0.717) is 5.69 Å². The predicted molar refractivity (Wildman–Crippen MR) is 40.1 cm³/mol. The Morgan fingerprint density at radius 1 is 1.36 bits per heavy atom. The number of hydrogen-bond donors (Lipinski definition) is 0. The molecule has 0 fully saturated rings. The van der Waals surface area contributed by atoms with Gasteiger partial charge >= 0.3 is 0 Å². The van der Waals surface area contributed by atoms with Gasteiger partial charge in [-0.25, -0.2) is 0 Å². The molecule has 0 amide bonds. The Bertz CT molecular complexity index is 253.